The van der Waals surface area contributed by atoms with Gasteiger partial charge in [-0.25, -0.2) is 0 Å². The summed E-state index contributed by atoms with van der Waals surface area (Å²) in [6, 6.07) is 9.36. The summed E-state index contributed by atoms with van der Waals surface area (Å²) in [5, 5.41) is 9.93. The molecule has 0 amide bonds. The fraction of sp³-hybridized carbons (Fsp3) is 0.429. The van der Waals surface area contributed by atoms with Crippen molar-refractivity contribution in [3.63, 3.8) is 0 Å². The Bertz CT molecular complexity index is 803. The van der Waals surface area contributed by atoms with Crippen molar-refractivity contribution in [3.05, 3.63) is 58.4 Å². The highest BCUT2D eigenvalue weighted by molar-refractivity contribution is 6.10. The molecule has 0 aliphatic carbocycles. The summed E-state index contributed by atoms with van der Waals surface area (Å²) in [6.07, 6.45) is 1.81. The largest absolute Gasteiger partial charge is 0.481 e. The van der Waals surface area contributed by atoms with Crippen LogP contribution in [0.15, 0.2) is 30.3 Å². The van der Waals surface area contributed by atoms with E-state index in [1.54, 1.807) is 11.6 Å². The molecular formula is C21H27NO3. The van der Waals surface area contributed by atoms with E-state index < -0.39 is 11.4 Å². The summed E-state index contributed by atoms with van der Waals surface area (Å²) < 4.78 is 1.79. The van der Waals surface area contributed by atoms with Gasteiger partial charge in [-0.05, 0) is 43.9 Å². The van der Waals surface area contributed by atoms with Crippen molar-refractivity contribution in [1.82, 2.24) is 4.57 Å². The maximum atomic E-state index is 13.1. The van der Waals surface area contributed by atoms with Crippen LogP contribution >= 0.6 is 0 Å². The molecule has 1 aromatic heterocycles. The lowest BCUT2D eigenvalue weighted by Crippen LogP contribution is -2.37. The number of carbonyl (C=O) groups excluding carboxylic acids is 1. The standard InChI is InChI=1S/C21H27NO3/c1-6-12-21(7-2,20(24)25)17-13-15(4)18(22(17)5)19(23)16-11-9-8-10-14(16)3/h8-11,13H,6-7,12H2,1-5H3,(H,24,25). The van der Waals surface area contributed by atoms with Crippen molar-refractivity contribution in [2.24, 2.45) is 7.05 Å². The highest BCUT2D eigenvalue weighted by Gasteiger charge is 2.41. The molecule has 0 saturated carbocycles. The zero-order chi connectivity index (χ0) is 18.8. The zero-order valence-electron chi connectivity index (χ0n) is 15.7. The summed E-state index contributed by atoms with van der Waals surface area (Å²) in [4.78, 5) is 25.2. The highest BCUT2D eigenvalue weighted by atomic mass is 16.4. The van der Waals surface area contributed by atoms with Crippen LogP contribution in [-0.2, 0) is 17.3 Å². The van der Waals surface area contributed by atoms with E-state index in [2.05, 4.69) is 0 Å². The van der Waals surface area contributed by atoms with E-state index in [0.29, 0.717) is 29.8 Å². The van der Waals surface area contributed by atoms with E-state index in [0.717, 1.165) is 17.5 Å². The molecule has 1 unspecified atom stereocenters. The van der Waals surface area contributed by atoms with Crippen molar-refractivity contribution in [2.75, 3.05) is 0 Å². The summed E-state index contributed by atoms with van der Waals surface area (Å²) in [5.74, 6) is -0.886. The van der Waals surface area contributed by atoms with Crippen LogP contribution in [0.25, 0.3) is 0 Å². The molecule has 0 spiro atoms. The van der Waals surface area contributed by atoms with Crippen molar-refractivity contribution in [3.8, 4) is 0 Å². The predicted molar refractivity (Wildman–Crippen MR) is 99.3 cm³/mol. The van der Waals surface area contributed by atoms with E-state index >= 15 is 0 Å². The van der Waals surface area contributed by atoms with Crippen LogP contribution in [0.1, 0.15) is 66.0 Å². The molecule has 0 saturated heterocycles. The lowest BCUT2D eigenvalue weighted by Gasteiger charge is -2.29. The van der Waals surface area contributed by atoms with E-state index in [1.807, 2.05) is 58.0 Å². The first kappa shape index (κ1) is 19.0. The van der Waals surface area contributed by atoms with E-state index in [9.17, 15) is 14.7 Å². The van der Waals surface area contributed by atoms with Crippen LogP contribution in [0.2, 0.25) is 0 Å². The number of hydrogen-bond donors (Lipinski definition) is 1. The average Bonchev–Trinajstić information content (AvgIpc) is 2.87. The Morgan fingerprint density at radius 1 is 1.12 bits per heavy atom. The number of nitrogens with zero attached hydrogens (tertiary/aromatic N) is 1. The second-order valence-corrected chi connectivity index (χ2v) is 6.76. The molecule has 1 N–H and O–H groups in total. The van der Waals surface area contributed by atoms with Gasteiger partial charge in [0.2, 0.25) is 5.78 Å². The number of rotatable bonds is 7. The van der Waals surface area contributed by atoms with Gasteiger partial charge in [-0.15, -0.1) is 0 Å². The third-order valence-electron chi connectivity index (χ3n) is 5.21. The first-order valence-electron chi connectivity index (χ1n) is 8.80. The number of aromatic nitrogens is 1. The number of hydrogen-bond acceptors (Lipinski definition) is 2. The van der Waals surface area contributed by atoms with Gasteiger partial charge in [0.15, 0.2) is 0 Å². The first-order valence-corrected chi connectivity index (χ1v) is 8.80. The average molecular weight is 341 g/mol. The van der Waals surface area contributed by atoms with Crippen LogP contribution in [0.4, 0.5) is 0 Å². The fourth-order valence-corrected chi connectivity index (χ4v) is 3.78. The van der Waals surface area contributed by atoms with Crippen molar-refractivity contribution < 1.29 is 14.7 Å². The zero-order valence-corrected chi connectivity index (χ0v) is 15.7. The summed E-state index contributed by atoms with van der Waals surface area (Å²) in [6.45, 7) is 7.68. The van der Waals surface area contributed by atoms with E-state index in [4.69, 9.17) is 0 Å². The number of ketones is 1. The number of carboxylic acid groups (broad SMARTS) is 1. The summed E-state index contributed by atoms with van der Waals surface area (Å²) in [5.41, 5.74) is 2.71. The molecule has 134 valence electrons. The minimum atomic E-state index is -0.960. The molecule has 2 rings (SSSR count). The first-order chi connectivity index (χ1) is 11.8. The van der Waals surface area contributed by atoms with E-state index in [1.165, 1.54) is 0 Å². The van der Waals surface area contributed by atoms with Gasteiger partial charge in [0.1, 0.15) is 5.41 Å². The maximum Gasteiger partial charge on any atom is 0.315 e. The van der Waals surface area contributed by atoms with Gasteiger partial charge in [0.25, 0.3) is 0 Å². The van der Waals surface area contributed by atoms with Crippen molar-refractivity contribution in [2.45, 2.75) is 52.4 Å². The molecule has 1 heterocycles. The Balaban J connectivity index is 2.64. The molecule has 1 atom stereocenters. The van der Waals surface area contributed by atoms with Crippen LogP contribution in [-0.4, -0.2) is 21.4 Å². The topological polar surface area (TPSA) is 59.3 Å². The van der Waals surface area contributed by atoms with Gasteiger partial charge in [-0.1, -0.05) is 44.5 Å². The molecule has 0 aliphatic heterocycles. The number of benzene rings is 1. The second kappa shape index (κ2) is 7.26. The highest BCUT2D eigenvalue weighted by Crippen LogP contribution is 2.36. The molecule has 0 radical (unpaired) electrons. The van der Waals surface area contributed by atoms with Gasteiger partial charge in [-0.2, -0.15) is 0 Å². The molecule has 25 heavy (non-hydrogen) atoms. The smallest absolute Gasteiger partial charge is 0.315 e. The second-order valence-electron chi connectivity index (χ2n) is 6.76. The Labute approximate surface area is 149 Å². The quantitative estimate of drug-likeness (QED) is 0.759. The lowest BCUT2D eigenvalue weighted by molar-refractivity contribution is -0.144. The number of carboxylic acids is 1. The summed E-state index contributed by atoms with van der Waals surface area (Å²) in [7, 11) is 1.80. The van der Waals surface area contributed by atoms with Crippen LogP contribution in [0.3, 0.4) is 0 Å². The Hall–Kier alpha value is -2.36. The Kier molecular flexibility index (Phi) is 5.51. The molecule has 4 heteroatoms. The molecule has 0 bridgehead atoms. The van der Waals surface area contributed by atoms with Crippen LogP contribution in [0, 0.1) is 13.8 Å². The van der Waals surface area contributed by atoms with Crippen molar-refractivity contribution in [1.29, 1.82) is 0 Å². The molecule has 1 aromatic carbocycles. The van der Waals surface area contributed by atoms with Gasteiger partial charge < -0.3 is 9.67 Å². The monoisotopic (exact) mass is 341 g/mol. The minimum absolute atomic E-state index is 0.0590. The molecule has 0 fully saturated rings. The third-order valence-corrected chi connectivity index (χ3v) is 5.21. The lowest BCUT2D eigenvalue weighted by atomic mass is 9.77. The fourth-order valence-electron chi connectivity index (χ4n) is 3.78. The molecular weight excluding hydrogens is 314 g/mol. The Morgan fingerprint density at radius 2 is 1.76 bits per heavy atom. The minimum Gasteiger partial charge on any atom is -0.481 e. The van der Waals surface area contributed by atoms with Crippen LogP contribution in [0.5, 0.6) is 0 Å². The third kappa shape index (κ3) is 3.13. The molecule has 0 aliphatic rings. The molecule has 4 nitrogen and oxygen atoms in total. The summed E-state index contributed by atoms with van der Waals surface area (Å²) >= 11 is 0. The van der Waals surface area contributed by atoms with Crippen molar-refractivity contribution >= 4 is 11.8 Å². The number of aryl methyl sites for hydroxylation is 2. The van der Waals surface area contributed by atoms with Gasteiger partial charge >= 0.3 is 5.97 Å². The van der Waals surface area contributed by atoms with Crippen LogP contribution < -0.4 is 0 Å². The van der Waals surface area contributed by atoms with E-state index in [-0.39, 0.29) is 5.78 Å². The predicted octanol–water partition coefficient (Wildman–Crippen LogP) is 4.41. The maximum absolute atomic E-state index is 13.1. The number of aliphatic carboxylic acids is 1. The normalized spacial score (nSPS) is 13.5. The number of carbonyl (C=O) groups is 2. The SMILES string of the molecule is CCCC(CC)(C(=O)O)c1cc(C)c(C(=O)c2ccccc2C)n1C. The molecule has 2 aromatic rings. The van der Waals surface area contributed by atoms with Gasteiger partial charge in [0, 0.05) is 18.3 Å². The van der Waals surface area contributed by atoms with Gasteiger partial charge in [0.05, 0.1) is 5.69 Å². The Morgan fingerprint density at radius 3 is 2.28 bits per heavy atom. The van der Waals surface area contributed by atoms with Gasteiger partial charge in [-0.3, -0.25) is 9.59 Å².